The zero-order valence-electron chi connectivity index (χ0n) is 16.6. The molecule has 164 valence electrons. The first kappa shape index (κ1) is 21.2. The highest BCUT2D eigenvalue weighted by molar-refractivity contribution is 7.89. The lowest BCUT2D eigenvalue weighted by molar-refractivity contribution is -0.384. The maximum Gasteiger partial charge on any atom is 0.293 e. The number of hydrogen-bond acceptors (Lipinski definition) is 7. The van der Waals surface area contributed by atoms with E-state index in [4.69, 9.17) is 4.74 Å². The van der Waals surface area contributed by atoms with Gasteiger partial charge in [0.1, 0.15) is 5.69 Å². The lowest BCUT2D eigenvalue weighted by atomic mass is 10.1. The van der Waals surface area contributed by atoms with Crippen LogP contribution in [0.5, 0.6) is 0 Å². The minimum atomic E-state index is -3.71. The molecule has 1 aliphatic heterocycles. The third kappa shape index (κ3) is 4.84. The summed E-state index contributed by atoms with van der Waals surface area (Å²) in [7, 11) is -3.71. The summed E-state index contributed by atoms with van der Waals surface area (Å²) in [4.78, 5) is 23.6. The minimum Gasteiger partial charge on any atom is -0.379 e. The van der Waals surface area contributed by atoms with Gasteiger partial charge < -0.3 is 15.4 Å². The number of nitro benzene ring substituents is 1. The fourth-order valence-electron chi connectivity index (χ4n) is 3.27. The van der Waals surface area contributed by atoms with Crippen LogP contribution in [0.4, 0.5) is 17.1 Å². The number of hydrogen-bond donors (Lipinski definition) is 2. The van der Waals surface area contributed by atoms with Crippen molar-refractivity contribution in [3.05, 3.63) is 58.1 Å². The summed E-state index contributed by atoms with van der Waals surface area (Å²) in [5, 5.41) is 17.1. The number of nitro groups is 1. The van der Waals surface area contributed by atoms with E-state index < -0.39 is 20.9 Å². The summed E-state index contributed by atoms with van der Waals surface area (Å²) in [6.07, 6.45) is 1.92. The Morgan fingerprint density at radius 1 is 1.13 bits per heavy atom. The molecule has 1 aliphatic carbocycles. The number of nitrogens with zero attached hydrogens (tertiary/aromatic N) is 2. The van der Waals surface area contributed by atoms with E-state index in [0.717, 1.165) is 12.8 Å². The number of sulfonamides is 1. The van der Waals surface area contributed by atoms with E-state index in [2.05, 4.69) is 10.6 Å². The average Bonchev–Trinajstić information content (AvgIpc) is 3.58. The van der Waals surface area contributed by atoms with Crippen LogP contribution in [0.2, 0.25) is 0 Å². The molecule has 2 N–H and O–H groups in total. The highest BCUT2D eigenvalue weighted by Crippen LogP contribution is 2.32. The van der Waals surface area contributed by atoms with Crippen LogP contribution in [-0.2, 0) is 14.8 Å². The van der Waals surface area contributed by atoms with Crippen molar-refractivity contribution in [1.29, 1.82) is 0 Å². The maximum atomic E-state index is 12.8. The molecule has 0 radical (unpaired) electrons. The van der Waals surface area contributed by atoms with E-state index in [1.165, 1.54) is 40.7 Å². The number of carbonyl (C=O) groups excluding carboxylic acids is 1. The Kier molecular flexibility index (Phi) is 5.90. The second-order valence-electron chi connectivity index (χ2n) is 7.41. The molecular weight excluding hydrogens is 424 g/mol. The second-order valence-corrected chi connectivity index (χ2v) is 9.34. The Balaban J connectivity index is 1.53. The topological polar surface area (TPSA) is 131 Å². The number of morpholine rings is 1. The molecule has 2 aromatic rings. The highest BCUT2D eigenvalue weighted by Gasteiger charge is 2.27. The maximum absolute atomic E-state index is 12.8. The monoisotopic (exact) mass is 446 g/mol. The first-order chi connectivity index (χ1) is 14.8. The normalized spacial score (nSPS) is 17.2. The molecule has 0 bridgehead atoms. The molecule has 0 atom stereocenters. The summed E-state index contributed by atoms with van der Waals surface area (Å²) < 4.78 is 32.2. The molecule has 1 amide bonds. The van der Waals surface area contributed by atoms with Gasteiger partial charge in [-0.05, 0) is 43.2 Å². The SMILES string of the molecule is O=C(Nc1cccc(S(=O)(=O)N2CCOCC2)c1)c1ccc(NC2CC2)c([N+](=O)[O-])c1. The lowest BCUT2D eigenvalue weighted by Gasteiger charge is -2.26. The Morgan fingerprint density at radius 3 is 2.55 bits per heavy atom. The van der Waals surface area contributed by atoms with Crippen LogP contribution < -0.4 is 10.6 Å². The van der Waals surface area contributed by atoms with E-state index in [0.29, 0.717) is 18.9 Å². The van der Waals surface area contributed by atoms with Crippen molar-refractivity contribution < 1.29 is 22.9 Å². The van der Waals surface area contributed by atoms with Crippen LogP contribution in [-0.4, -0.2) is 55.9 Å². The van der Waals surface area contributed by atoms with Crippen LogP contribution >= 0.6 is 0 Å². The summed E-state index contributed by atoms with van der Waals surface area (Å²) in [5.74, 6) is -0.568. The lowest BCUT2D eigenvalue weighted by Crippen LogP contribution is -2.40. The molecule has 2 aliphatic rings. The van der Waals surface area contributed by atoms with Crippen molar-refractivity contribution in [2.24, 2.45) is 0 Å². The Hall–Kier alpha value is -3.02. The number of nitrogens with one attached hydrogen (secondary N) is 2. The predicted molar refractivity (Wildman–Crippen MR) is 114 cm³/mol. The third-order valence-electron chi connectivity index (χ3n) is 5.09. The van der Waals surface area contributed by atoms with Crippen molar-refractivity contribution in [2.75, 3.05) is 36.9 Å². The quantitative estimate of drug-likeness (QED) is 0.493. The van der Waals surface area contributed by atoms with Gasteiger partial charge in [-0.25, -0.2) is 8.42 Å². The largest absolute Gasteiger partial charge is 0.379 e. The minimum absolute atomic E-state index is 0.0576. The van der Waals surface area contributed by atoms with Gasteiger partial charge in [0.15, 0.2) is 0 Å². The van der Waals surface area contributed by atoms with Gasteiger partial charge in [-0.3, -0.25) is 14.9 Å². The van der Waals surface area contributed by atoms with Crippen LogP contribution in [0, 0.1) is 10.1 Å². The van der Waals surface area contributed by atoms with Crippen molar-refractivity contribution >= 4 is 33.0 Å². The van der Waals surface area contributed by atoms with Gasteiger partial charge in [0.2, 0.25) is 10.0 Å². The van der Waals surface area contributed by atoms with E-state index >= 15 is 0 Å². The van der Waals surface area contributed by atoms with Crippen molar-refractivity contribution in [3.8, 4) is 0 Å². The van der Waals surface area contributed by atoms with Gasteiger partial charge in [-0.2, -0.15) is 4.31 Å². The zero-order valence-corrected chi connectivity index (χ0v) is 17.4. The first-order valence-electron chi connectivity index (χ1n) is 9.89. The molecule has 0 aromatic heterocycles. The van der Waals surface area contributed by atoms with Crippen molar-refractivity contribution in [1.82, 2.24) is 4.31 Å². The summed E-state index contributed by atoms with van der Waals surface area (Å²) in [5.41, 5.74) is 0.586. The second kappa shape index (κ2) is 8.61. The van der Waals surface area contributed by atoms with Gasteiger partial charge in [0.25, 0.3) is 11.6 Å². The summed E-state index contributed by atoms with van der Waals surface area (Å²) >= 11 is 0. The van der Waals surface area contributed by atoms with Crippen LogP contribution in [0.1, 0.15) is 23.2 Å². The molecule has 4 rings (SSSR count). The predicted octanol–water partition coefficient (Wildman–Crippen LogP) is 2.44. The van der Waals surface area contributed by atoms with E-state index in [9.17, 15) is 23.3 Å². The molecule has 2 aromatic carbocycles. The molecule has 0 unspecified atom stereocenters. The molecule has 11 heteroatoms. The summed E-state index contributed by atoms with van der Waals surface area (Å²) in [6.45, 7) is 1.20. The zero-order chi connectivity index (χ0) is 22.0. The number of benzene rings is 2. The molecule has 1 saturated heterocycles. The van der Waals surface area contributed by atoms with E-state index in [1.54, 1.807) is 6.07 Å². The van der Waals surface area contributed by atoms with Gasteiger partial charge in [0, 0.05) is 36.4 Å². The molecule has 1 heterocycles. The number of carbonyl (C=O) groups is 1. The number of rotatable bonds is 7. The Labute approximate surface area is 179 Å². The van der Waals surface area contributed by atoms with E-state index in [-0.39, 0.29) is 41.0 Å². The molecule has 1 saturated carbocycles. The molecular formula is C20H22N4O6S. The van der Waals surface area contributed by atoms with Crippen LogP contribution in [0.25, 0.3) is 0 Å². The van der Waals surface area contributed by atoms with Gasteiger partial charge in [-0.1, -0.05) is 6.07 Å². The molecule has 10 nitrogen and oxygen atoms in total. The van der Waals surface area contributed by atoms with E-state index in [1.807, 2.05) is 0 Å². The van der Waals surface area contributed by atoms with Crippen molar-refractivity contribution in [2.45, 2.75) is 23.8 Å². The Bertz CT molecular complexity index is 1110. The average molecular weight is 446 g/mol. The fraction of sp³-hybridized carbons (Fsp3) is 0.350. The van der Waals surface area contributed by atoms with Gasteiger partial charge >= 0.3 is 0 Å². The molecule has 2 fully saturated rings. The first-order valence-corrected chi connectivity index (χ1v) is 11.3. The number of anilines is 2. The highest BCUT2D eigenvalue weighted by atomic mass is 32.2. The molecule has 0 spiro atoms. The van der Waals surface area contributed by atoms with Gasteiger partial charge in [0.05, 0.1) is 23.0 Å². The summed E-state index contributed by atoms with van der Waals surface area (Å²) in [6, 6.07) is 10.4. The third-order valence-corrected chi connectivity index (χ3v) is 6.99. The molecule has 31 heavy (non-hydrogen) atoms. The van der Waals surface area contributed by atoms with Crippen LogP contribution in [0.15, 0.2) is 47.4 Å². The standard InChI is InChI=1S/C20H22N4O6S/c25-20(14-4-7-18(21-15-5-6-15)19(12-14)24(26)27)22-16-2-1-3-17(13-16)31(28,29)23-8-10-30-11-9-23/h1-4,7,12-13,15,21H,5-6,8-11H2,(H,22,25). The number of amides is 1. The number of ether oxygens (including phenoxy) is 1. The van der Waals surface area contributed by atoms with Crippen LogP contribution in [0.3, 0.4) is 0 Å². The fourth-order valence-corrected chi connectivity index (χ4v) is 4.72. The van der Waals surface area contributed by atoms with Gasteiger partial charge in [-0.15, -0.1) is 0 Å². The smallest absolute Gasteiger partial charge is 0.293 e. The van der Waals surface area contributed by atoms with Crippen molar-refractivity contribution in [3.63, 3.8) is 0 Å². The Morgan fingerprint density at radius 2 is 1.87 bits per heavy atom.